The topological polar surface area (TPSA) is 37.9 Å². The second-order valence-electron chi connectivity index (χ2n) is 5.33. The highest BCUT2D eigenvalue weighted by atomic mass is 16.3. The van der Waals surface area contributed by atoms with Crippen LogP contribution in [0.2, 0.25) is 0 Å². The Hall–Kier alpha value is -3.16. The van der Waals surface area contributed by atoms with E-state index in [-0.39, 0.29) is 0 Å². The number of allylic oxidation sites excluding steroid dienone is 1. The average molecular weight is 314 g/mol. The van der Waals surface area contributed by atoms with Crippen molar-refractivity contribution in [1.82, 2.24) is 0 Å². The van der Waals surface area contributed by atoms with E-state index in [4.69, 9.17) is 4.42 Å². The van der Waals surface area contributed by atoms with Gasteiger partial charge in [-0.15, -0.1) is 0 Å². The van der Waals surface area contributed by atoms with Crippen LogP contribution in [-0.4, -0.2) is 12.1 Å². The van der Waals surface area contributed by atoms with Crippen molar-refractivity contribution >= 4 is 23.3 Å². The van der Waals surface area contributed by atoms with Crippen LogP contribution in [0.3, 0.4) is 0 Å². The lowest BCUT2D eigenvalue weighted by Gasteiger charge is -2.01. The first-order valence-corrected chi connectivity index (χ1v) is 7.80. The highest BCUT2D eigenvalue weighted by Crippen LogP contribution is 2.19. The molecule has 0 radical (unpaired) electrons. The Labute approximate surface area is 141 Å². The molecular formula is C21H18N2O. The van der Waals surface area contributed by atoms with Gasteiger partial charge in [-0.3, -0.25) is 4.99 Å². The average Bonchev–Trinajstić information content (AvgIpc) is 3.15. The van der Waals surface area contributed by atoms with E-state index in [0.29, 0.717) is 6.54 Å². The Morgan fingerprint density at radius 3 is 2.58 bits per heavy atom. The van der Waals surface area contributed by atoms with Gasteiger partial charge < -0.3 is 4.42 Å². The number of nitrogens with zero attached hydrogens (tertiary/aromatic N) is 2. The number of benzene rings is 2. The fraction of sp³-hybridized carbons (Fsp3) is 0.0952. The smallest absolute Gasteiger partial charge is 0.144 e. The molecular weight excluding hydrogens is 296 g/mol. The SMILES string of the molecule is CC(=C=Nc1ccccc1CN=Cc1ccco1)c1ccccc1. The molecule has 118 valence electrons. The summed E-state index contributed by atoms with van der Waals surface area (Å²) in [7, 11) is 0. The van der Waals surface area contributed by atoms with E-state index in [2.05, 4.69) is 28.0 Å². The van der Waals surface area contributed by atoms with Gasteiger partial charge in [0.25, 0.3) is 0 Å². The maximum atomic E-state index is 5.24. The Bertz CT molecular complexity index is 871. The van der Waals surface area contributed by atoms with Crippen LogP contribution in [0.25, 0.3) is 5.57 Å². The summed E-state index contributed by atoms with van der Waals surface area (Å²) in [4.78, 5) is 8.93. The van der Waals surface area contributed by atoms with Crippen LogP contribution in [0, 0.1) is 0 Å². The summed E-state index contributed by atoms with van der Waals surface area (Å²) < 4.78 is 5.24. The van der Waals surface area contributed by atoms with Crippen molar-refractivity contribution in [2.45, 2.75) is 13.5 Å². The molecule has 0 fully saturated rings. The summed E-state index contributed by atoms with van der Waals surface area (Å²) in [5.41, 5.74) is 4.05. The minimum atomic E-state index is 0.548. The van der Waals surface area contributed by atoms with Gasteiger partial charge in [0, 0.05) is 5.57 Å². The first-order valence-electron chi connectivity index (χ1n) is 7.80. The first-order chi connectivity index (χ1) is 11.8. The van der Waals surface area contributed by atoms with Gasteiger partial charge in [-0.1, -0.05) is 48.5 Å². The highest BCUT2D eigenvalue weighted by molar-refractivity contribution is 5.89. The van der Waals surface area contributed by atoms with E-state index in [0.717, 1.165) is 28.1 Å². The Kier molecular flexibility index (Phi) is 5.18. The molecule has 3 nitrogen and oxygen atoms in total. The lowest BCUT2D eigenvalue weighted by atomic mass is 10.1. The molecule has 0 aliphatic heterocycles. The predicted octanol–water partition coefficient (Wildman–Crippen LogP) is 5.30. The third-order valence-electron chi connectivity index (χ3n) is 3.57. The van der Waals surface area contributed by atoms with E-state index in [1.807, 2.05) is 61.5 Å². The van der Waals surface area contributed by atoms with Crippen molar-refractivity contribution in [3.8, 4) is 0 Å². The van der Waals surface area contributed by atoms with Crippen molar-refractivity contribution in [3.63, 3.8) is 0 Å². The van der Waals surface area contributed by atoms with E-state index in [1.165, 1.54) is 0 Å². The van der Waals surface area contributed by atoms with Crippen LogP contribution in [0.4, 0.5) is 5.69 Å². The standard InChI is InChI=1S/C21H18N2O/c1-17(18-8-3-2-4-9-18)14-23-21-12-6-5-10-19(21)15-22-16-20-11-7-13-24-20/h2-13,16H,15H2,1H3. The zero-order valence-corrected chi connectivity index (χ0v) is 13.5. The van der Waals surface area contributed by atoms with Gasteiger partial charge in [0.05, 0.1) is 24.7 Å². The largest absolute Gasteiger partial charge is 0.463 e. The molecule has 0 saturated heterocycles. The van der Waals surface area contributed by atoms with Crippen LogP contribution in [0.5, 0.6) is 0 Å². The molecule has 1 aromatic heterocycles. The van der Waals surface area contributed by atoms with Crippen molar-refractivity contribution in [2.24, 2.45) is 9.98 Å². The van der Waals surface area contributed by atoms with Crippen molar-refractivity contribution < 1.29 is 4.42 Å². The molecule has 0 saturated carbocycles. The van der Waals surface area contributed by atoms with E-state index >= 15 is 0 Å². The molecule has 0 amide bonds. The van der Waals surface area contributed by atoms with Gasteiger partial charge in [-0.25, -0.2) is 4.99 Å². The zero-order valence-electron chi connectivity index (χ0n) is 13.5. The molecule has 0 N–H and O–H groups in total. The normalized spacial score (nSPS) is 10.5. The predicted molar refractivity (Wildman–Crippen MR) is 99.1 cm³/mol. The molecule has 0 unspecified atom stereocenters. The summed E-state index contributed by atoms with van der Waals surface area (Å²) in [6, 6.07) is 21.8. The van der Waals surface area contributed by atoms with Crippen LogP contribution in [0.1, 0.15) is 23.8 Å². The monoisotopic (exact) mass is 314 g/mol. The lowest BCUT2D eigenvalue weighted by Crippen LogP contribution is -1.84. The summed E-state index contributed by atoms with van der Waals surface area (Å²) >= 11 is 0. The van der Waals surface area contributed by atoms with E-state index in [9.17, 15) is 0 Å². The fourth-order valence-corrected chi connectivity index (χ4v) is 2.25. The maximum absolute atomic E-state index is 5.24. The number of aliphatic imine (C=N–C) groups is 2. The Morgan fingerprint density at radius 1 is 1.00 bits per heavy atom. The number of furan rings is 1. The quantitative estimate of drug-likeness (QED) is 0.589. The lowest BCUT2D eigenvalue weighted by molar-refractivity contribution is 0.560. The number of para-hydroxylation sites is 1. The minimum absolute atomic E-state index is 0.548. The van der Waals surface area contributed by atoms with Crippen molar-refractivity contribution in [1.29, 1.82) is 0 Å². The molecule has 0 atom stereocenters. The molecule has 0 aliphatic carbocycles. The zero-order chi connectivity index (χ0) is 16.6. The summed E-state index contributed by atoms with van der Waals surface area (Å²) in [6.07, 6.45) is 3.36. The molecule has 0 aliphatic rings. The molecule has 3 rings (SSSR count). The van der Waals surface area contributed by atoms with Crippen LogP contribution < -0.4 is 0 Å². The first kappa shape index (κ1) is 15.7. The maximum Gasteiger partial charge on any atom is 0.144 e. The van der Waals surface area contributed by atoms with Crippen LogP contribution >= 0.6 is 0 Å². The second-order valence-corrected chi connectivity index (χ2v) is 5.33. The molecule has 0 spiro atoms. The van der Waals surface area contributed by atoms with Gasteiger partial charge >= 0.3 is 0 Å². The highest BCUT2D eigenvalue weighted by Gasteiger charge is 1.99. The fourth-order valence-electron chi connectivity index (χ4n) is 2.25. The molecule has 3 heteroatoms. The Morgan fingerprint density at radius 2 is 1.79 bits per heavy atom. The summed E-state index contributed by atoms with van der Waals surface area (Å²) in [5, 5.41) is 0. The molecule has 24 heavy (non-hydrogen) atoms. The van der Waals surface area contributed by atoms with Crippen molar-refractivity contribution in [2.75, 3.05) is 0 Å². The van der Waals surface area contributed by atoms with Gasteiger partial charge in [0.1, 0.15) is 5.76 Å². The van der Waals surface area contributed by atoms with Crippen LogP contribution in [-0.2, 0) is 6.54 Å². The summed E-state index contributed by atoms with van der Waals surface area (Å²) in [6.45, 7) is 2.56. The molecule has 1 heterocycles. The molecule has 2 aromatic carbocycles. The minimum Gasteiger partial charge on any atom is -0.463 e. The van der Waals surface area contributed by atoms with Crippen LogP contribution in [0.15, 0.2) is 87.4 Å². The molecule has 3 aromatic rings. The summed E-state index contributed by atoms with van der Waals surface area (Å²) in [5.74, 6) is 3.88. The number of hydrogen-bond acceptors (Lipinski definition) is 3. The van der Waals surface area contributed by atoms with Gasteiger partial charge in [-0.2, -0.15) is 0 Å². The third-order valence-corrected chi connectivity index (χ3v) is 3.57. The van der Waals surface area contributed by atoms with Crippen molar-refractivity contribution in [3.05, 3.63) is 89.9 Å². The number of rotatable bonds is 5. The van der Waals surface area contributed by atoms with E-state index in [1.54, 1.807) is 12.5 Å². The van der Waals surface area contributed by atoms with Gasteiger partial charge in [-0.05, 0) is 42.1 Å². The van der Waals surface area contributed by atoms with E-state index < -0.39 is 0 Å². The Balaban J connectivity index is 1.80. The van der Waals surface area contributed by atoms with Gasteiger partial charge in [0.15, 0.2) is 0 Å². The second kappa shape index (κ2) is 7.91. The number of hydrogen-bond donors (Lipinski definition) is 0. The van der Waals surface area contributed by atoms with Gasteiger partial charge in [0.2, 0.25) is 0 Å². The third kappa shape index (κ3) is 4.19. The molecule has 0 bridgehead atoms.